The van der Waals surface area contributed by atoms with Crippen molar-refractivity contribution in [3.05, 3.63) is 72.1 Å². The summed E-state index contributed by atoms with van der Waals surface area (Å²) >= 11 is 0. The zero-order valence-electron chi connectivity index (χ0n) is 44.7. The molecule has 17 N–H and O–H groups in total. The monoisotopic (exact) mass is 1060 g/mol. The van der Waals surface area contributed by atoms with Gasteiger partial charge in [0, 0.05) is 47.0 Å². The minimum atomic E-state index is -1.46. The van der Waals surface area contributed by atoms with Gasteiger partial charge in [-0.1, -0.05) is 84.4 Å². The molecule has 0 saturated heterocycles. The number of carbonyl (C=O) groups excluding carboxylic acids is 7. The summed E-state index contributed by atoms with van der Waals surface area (Å²) < 4.78 is 0. The van der Waals surface area contributed by atoms with E-state index in [-0.39, 0.29) is 69.2 Å². The number of aliphatic hydroxyl groups excluding tert-OH is 1. The summed E-state index contributed by atoms with van der Waals surface area (Å²) in [6, 6.07) is 4.69. The number of rotatable bonds is 33. The van der Waals surface area contributed by atoms with Gasteiger partial charge in [0.15, 0.2) is 0 Å². The maximum absolute atomic E-state index is 14.8. The first-order valence-corrected chi connectivity index (χ1v) is 26.4. The van der Waals surface area contributed by atoms with Gasteiger partial charge in [-0.05, 0) is 99.0 Å². The van der Waals surface area contributed by atoms with Crippen molar-refractivity contribution in [3.8, 4) is 0 Å². The van der Waals surface area contributed by atoms with Crippen molar-refractivity contribution < 1.29 is 48.6 Å². The molecule has 0 aliphatic carbocycles. The van der Waals surface area contributed by atoms with E-state index < -0.39 is 102 Å². The molecular formula is C54H82N12O10. The van der Waals surface area contributed by atoms with E-state index >= 15 is 0 Å². The van der Waals surface area contributed by atoms with Gasteiger partial charge in [-0.15, -0.1) is 0 Å². The van der Waals surface area contributed by atoms with Crippen LogP contribution >= 0.6 is 0 Å². The van der Waals surface area contributed by atoms with E-state index in [0.717, 1.165) is 21.8 Å². The zero-order valence-corrected chi connectivity index (χ0v) is 44.7. The molecule has 4 aromatic rings. The number of H-pyrrole nitrogens is 2. The molecule has 0 unspecified atom stereocenters. The number of hydrogen-bond acceptors (Lipinski definition) is 12. The number of nitrogens with two attached hydrogens (primary N) is 3. The Labute approximate surface area is 444 Å². The van der Waals surface area contributed by atoms with Crippen LogP contribution in [0.3, 0.4) is 0 Å². The summed E-state index contributed by atoms with van der Waals surface area (Å²) in [7, 11) is 0. The van der Waals surface area contributed by atoms with Crippen LogP contribution in [0.5, 0.6) is 0 Å². The summed E-state index contributed by atoms with van der Waals surface area (Å²) in [6.07, 6.45) is 5.47. The van der Waals surface area contributed by atoms with Crippen LogP contribution in [0.4, 0.5) is 0 Å². The number of hydrogen-bond donors (Lipinski definition) is 14. The van der Waals surface area contributed by atoms with E-state index in [4.69, 9.17) is 17.2 Å². The number of amides is 7. The first-order valence-electron chi connectivity index (χ1n) is 26.4. The Kier molecular flexibility index (Phi) is 24.8. The summed E-state index contributed by atoms with van der Waals surface area (Å²) in [6.45, 7) is 10.8. The number of fused-ring (bicyclic) bond motifs is 2. The van der Waals surface area contributed by atoms with Crippen molar-refractivity contribution in [2.45, 2.75) is 154 Å². The maximum atomic E-state index is 14.8. The fraction of sp³-hybridized carbons (Fsp3) is 0.556. The van der Waals surface area contributed by atoms with Crippen molar-refractivity contribution in [1.29, 1.82) is 0 Å². The number of aliphatic hydroxyl groups is 1. The summed E-state index contributed by atoms with van der Waals surface area (Å²) in [5.74, 6) is -6.93. The number of nitrogens with one attached hydrogen (secondary N) is 9. The number of aromatic amines is 2. The third kappa shape index (κ3) is 19.0. The molecule has 0 aliphatic rings. The fourth-order valence-electron chi connectivity index (χ4n) is 8.90. The van der Waals surface area contributed by atoms with Gasteiger partial charge in [0.1, 0.15) is 42.3 Å². The molecule has 0 bridgehead atoms. The molecule has 0 saturated carbocycles. The van der Waals surface area contributed by atoms with E-state index in [0.29, 0.717) is 36.9 Å². The largest absolute Gasteiger partial charge is 0.480 e. The highest BCUT2D eigenvalue weighted by atomic mass is 16.4. The SMILES string of the molecule is CC(C)C[C@H](NC(=O)[C@H](Cc1c[nH]c2ccccc12)NC(=O)[C@H](CC(C)C)NC(=O)[C@H](Cc1c[nH]c2ccccc12)NC(=O)[C@H](CC(C)C)NC(=O)[C@H](CCCN)NC(=O)[C@H](CO)NC(=O)[C@@H](N)CCCCN)C(=O)O. The van der Waals surface area contributed by atoms with Crippen molar-refractivity contribution in [2.24, 2.45) is 35.0 Å². The summed E-state index contributed by atoms with van der Waals surface area (Å²) in [5, 5.41) is 40.6. The molecule has 2 aromatic carbocycles. The molecule has 0 spiro atoms. The highest BCUT2D eigenvalue weighted by molar-refractivity contribution is 5.98. The Morgan fingerprint density at radius 1 is 0.474 bits per heavy atom. The van der Waals surface area contributed by atoms with Crippen LogP contribution in [0.25, 0.3) is 21.8 Å². The zero-order chi connectivity index (χ0) is 56.1. The molecule has 22 heteroatoms. The lowest BCUT2D eigenvalue weighted by Crippen LogP contribution is -2.61. The Balaban J connectivity index is 1.64. The molecule has 7 amide bonds. The predicted molar refractivity (Wildman–Crippen MR) is 290 cm³/mol. The normalized spacial score (nSPS) is 14.8. The third-order valence-electron chi connectivity index (χ3n) is 12.9. The average molecular weight is 1060 g/mol. The van der Waals surface area contributed by atoms with Crippen molar-refractivity contribution in [1.82, 2.24) is 47.2 Å². The van der Waals surface area contributed by atoms with Crippen LogP contribution in [-0.2, 0) is 51.2 Å². The molecule has 8 atom stereocenters. The fourth-order valence-corrected chi connectivity index (χ4v) is 8.90. The van der Waals surface area contributed by atoms with Gasteiger partial charge in [0.05, 0.1) is 12.6 Å². The Bertz CT molecular complexity index is 2560. The molecule has 76 heavy (non-hydrogen) atoms. The molecule has 2 heterocycles. The number of carbonyl (C=O) groups is 8. The second-order valence-corrected chi connectivity index (χ2v) is 20.8. The van der Waals surface area contributed by atoms with Crippen LogP contribution in [0.2, 0.25) is 0 Å². The lowest BCUT2D eigenvalue weighted by atomic mass is 9.98. The van der Waals surface area contributed by atoms with Gasteiger partial charge in [-0.2, -0.15) is 0 Å². The van der Waals surface area contributed by atoms with E-state index in [1.54, 1.807) is 12.4 Å². The predicted octanol–water partition coefficient (Wildman–Crippen LogP) is 1.24. The Morgan fingerprint density at radius 2 is 0.842 bits per heavy atom. The van der Waals surface area contributed by atoms with Crippen LogP contribution in [-0.4, -0.2) is 136 Å². The number of para-hydroxylation sites is 2. The Morgan fingerprint density at radius 3 is 1.28 bits per heavy atom. The number of aromatic nitrogens is 2. The molecule has 0 fully saturated rings. The van der Waals surface area contributed by atoms with Gasteiger partial charge in [-0.3, -0.25) is 33.6 Å². The van der Waals surface area contributed by atoms with Gasteiger partial charge in [0.25, 0.3) is 0 Å². The molecule has 418 valence electrons. The van der Waals surface area contributed by atoms with Gasteiger partial charge >= 0.3 is 5.97 Å². The third-order valence-corrected chi connectivity index (χ3v) is 12.9. The number of benzene rings is 2. The number of carboxylic acid groups (broad SMARTS) is 1. The number of aliphatic carboxylic acids is 1. The standard InChI is InChI=1S/C54H82N12O10/c1-30(2)22-41(61-48(69)40(19-13-21-56)60-53(74)46(29-67)66-47(68)37(57)16-11-12-20-55)49(70)63-43(25-33-27-58-38-17-9-7-14-35(33)38)51(72)62-42(23-31(3)4)50(71)64-44(52(73)65-45(54(75)76)24-32(5)6)26-34-28-59-39-18-10-8-15-36(34)39/h7-10,14-15,17-18,27-28,30-32,37,40-46,58-59,67H,11-13,16,19-26,29,55-57H2,1-6H3,(H,60,74)(H,61,69)(H,62,72)(H,63,70)(H,64,71)(H,65,73)(H,66,68)(H,75,76)/t37-,40-,41-,42-,43-,44-,45-,46-/m0/s1. The van der Waals surface area contributed by atoms with Gasteiger partial charge in [0.2, 0.25) is 41.4 Å². The smallest absolute Gasteiger partial charge is 0.326 e. The minimum absolute atomic E-state index is 0.0276. The maximum Gasteiger partial charge on any atom is 0.326 e. The molecule has 0 aliphatic heterocycles. The van der Waals surface area contributed by atoms with Crippen molar-refractivity contribution >= 4 is 69.1 Å². The second-order valence-electron chi connectivity index (χ2n) is 20.8. The second kappa shape index (κ2) is 30.6. The first kappa shape index (κ1) is 61.7. The quantitative estimate of drug-likeness (QED) is 0.0299. The first-order chi connectivity index (χ1) is 36.1. The van der Waals surface area contributed by atoms with E-state index in [2.05, 4.69) is 47.2 Å². The molecular weight excluding hydrogens is 977 g/mol. The summed E-state index contributed by atoms with van der Waals surface area (Å²) in [4.78, 5) is 117. The lowest BCUT2D eigenvalue weighted by Gasteiger charge is -2.29. The van der Waals surface area contributed by atoms with E-state index in [1.165, 1.54) is 0 Å². The lowest BCUT2D eigenvalue weighted by molar-refractivity contribution is -0.142. The topological polar surface area (TPSA) is 371 Å². The minimum Gasteiger partial charge on any atom is -0.480 e. The molecule has 4 rings (SSSR count). The van der Waals surface area contributed by atoms with Crippen molar-refractivity contribution in [2.75, 3.05) is 19.7 Å². The highest BCUT2D eigenvalue weighted by Gasteiger charge is 2.36. The molecule has 2 aromatic heterocycles. The molecule has 0 radical (unpaired) electrons. The number of carboxylic acids is 1. The van der Waals surface area contributed by atoms with Crippen LogP contribution < -0.4 is 54.4 Å². The van der Waals surface area contributed by atoms with Crippen LogP contribution in [0.1, 0.15) is 104 Å². The van der Waals surface area contributed by atoms with Gasteiger partial charge in [-0.25, -0.2) is 4.79 Å². The summed E-state index contributed by atoms with van der Waals surface area (Å²) in [5.41, 5.74) is 20.3. The highest BCUT2D eigenvalue weighted by Crippen LogP contribution is 2.22. The average Bonchev–Trinajstić information content (AvgIpc) is 3.98. The number of unbranched alkanes of at least 4 members (excludes halogenated alkanes) is 1. The van der Waals surface area contributed by atoms with E-state index in [1.807, 2.05) is 90.1 Å². The van der Waals surface area contributed by atoms with Crippen molar-refractivity contribution in [3.63, 3.8) is 0 Å². The molecule has 22 nitrogen and oxygen atoms in total. The van der Waals surface area contributed by atoms with Gasteiger partial charge < -0.3 is 74.6 Å². The van der Waals surface area contributed by atoms with Crippen LogP contribution in [0.15, 0.2) is 60.9 Å². The van der Waals surface area contributed by atoms with Crippen LogP contribution in [0, 0.1) is 17.8 Å². The Hall–Kier alpha value is -6.88. The van der Waals surface area contributed by atoms with E-state index in [9.17, 15) is 48.6 Å².